The number of rotatable bonds is 4. The van der Waals surface area contributed by atoms with Crippen molar-refractivity contribution in [2.24, 2.45) is 0 Å². The van der Waals surface area contributed by atoms with Crippen LogP contribution >= 0.6 is 0 Å². The second-order valence-electron chi connectivity index (χ2n) is 5.21. The summed E-state index contributed by atoms with van der Waals surface area (Å²) in [5.74, 6) is -0.378. The molecule has 2 N–H and O–H groups in total. The number of amides is 1. The van der Waals surface area contributed by atoms with Crippen LogP contribution in [0.2, 0.25) is 0 Å². The van der Waals surface area contributed by atoms with Gasteiger partial charge in [0.15, 0.2) is 0 Å². The van der Waals surface area contributed by atoms with Crippen molar-refractivity contribution in [2.75, 3.05) is 5.32 Å². The molecule has 1 amide bonds. The number of aromatic amines is 1. The van der Waals surface area contributed by atoms with Crippen LogP contribution in [0.25, 0.3) is 0 Å². The molecule has 0 saturated carbocycles. The van der Waals surface area contributed by atoms with E-state index in [1.54, 1.807) is 43.3 Å². The molecular weight excluding hydrogens is 300 g/mol. The van der Waals surface area contributed by atoms with Crippen molar-refractivity contribution in [2.45, 2.75) is 30.9 Å². The van der Waals surface area contributed by atoms with Gasteiger partial charge in [-0.3, -0.25) is 13.8 Å². The molecule has 5 nitrogen and oxygen atoms in total. The van der Waals surface area contributed by atoms with E-state index in [4.69, 9.17) is 0 Å². The lowest BCUT2D eigenvalue weighted by Gasteiger charge is -2.07. The smallest absolute Gasteiger partial charge is 0.271 e. The SMILES string of the molecule is Cc1ccc(NC(=O)c2ccc(S(=O)C(C)C)cc2)c(=O)[nH]1. The molecule has 0 aliphatic heterocycles. The average molecular weight is 318 g/mol. The van der Waals surface area contributed by atoms with Crippen LogP contribution in [-0.2, 0) is 10.8 Å². The summed E-state index contributed by atoms with van der Waals surface area (Å²) >= 11 is 0. The summed E-state index contributed by atoms with van der Waals surface area (Å²) in [6.45, 7) is 5.52. The van der Waals surface area contributed by atoms with Gasteiger partial charge in [-0.2, -0.15) is 0 Å². The highest BCUT2D eigenvalue weighted by Crippen LogP contribution is 2.13. The third-order valence-electron chi connectivity index (χ3n) is 3.08. The van der Waals surface area contributed by atoms with E-state index in [-0.39, 0.29) is 22.4 Å². The number of aromatic nitrogens is 1. The van der Waals surface area contributed by atoms with Gasteiger partial charge in [-0.25, -0.2) is 0 Å². The van der Waals surface area contributed by atoms with Gasteiger partial charge in [-0.15, -0.1) is 0 Å². The van der Waals surface area contributed by atoms with E-state index < -0.39 is 10.8 Å². The number of hydrogen-bond acceptors (Lipinski definition) is 3. The number of nitrogens with one attached hydrogen (secondary N) is 2. The maximum absolute atomic E-state index is 12.1. The van der Waals surface area contributed by atoms with Crippen LogP contribution in [0.4, 0.5) is 5.69 Å². The van der Waals surface area contributed by atoms with E-state index in [1.165, 1.54) is 0 Å². The molecule has 1 heterocycles. The van der Waals surface area contributed by atoms with Crippen molar-refractivity contribution in [1.29, 1.82) is 0 Å². The minimum atomic E-state index is -1.09. The minimum absolute atomic E-state index is 0.0193. The van der Waals surface area contributed by atoms with E-state index in [1.807, 2.05) is 13.8 Å². The van der Waals surface area contributed by atoms with Crippen LogP contribution < -0.4 is 10.9 Å². The first kappa shape index (κ1) is 16.2. The van der Waals surface area contributed by atoms with Crippen LogP contribution in [-0.4, -0.2) is 20.3 Å². The summed E-state index contributed by atoms with van der Waals surface area (Å²) < 4.78 is 12.0. The highest BCUT2D eigenvalue weighted by Gasteiger charge is 2.11. The van der Waals surface area contributed by atoms with E-state index in [0.29, 0.717) is 10.5 Å². The molecule has 0 radical (unpaired) electrons. The van der Waals surface area contributed by atoms with Gasteiger partial charge in [0.2, 0.25) is 0 Å². The second kappa shape index (κ2) is 6.70. The summed E-state index contributed by atoms with van der Waals surface area (Å²) in [5, 5.41) is 2.59. The highest BCUT2D eigenvalue weighted by molar-refractivity contribution is 7.85. The Morgan fingerprint density at radius 1 is 1.14 bits per heavy atom. The molecule has 1 aromatic heterocycles. The average Bonchev–Trinajstić information content (AvgIpc) is 2.49. The number of hydrogen-bond donors (Lipinski definition) is 2. The second-order valence-corrected chi connectivity index (χ2v) is 7.22. The van der Waals surface area contributed by atoms with Crippen LogP contribution in [0.3, 0.4) is 0 Å². The molecule has 2 rings (SSSR count). The number of anilines is 1. The number of carbonyl (C=O) groups is 1. The number of aryl methyl sites for hydroxylation is 1. The fourth-order valence-corrected chi connectivity index (χ4v) is 2.83. The van der Waals surface area contributed by atoms with Crippen molar-refractivity contribution in [1.82, 2.24) is 4.98 Å². The Kier molecular flexibility index (Phi) is 4.92. The summed E-state index contributed by atoms with van der Waals surface area (Å²) in [7, 11) is -1.09. The first-order chi connectivity index (χ1) is 10.4. The van der Waals surface area contributed by atoms with Crippen molar-refractivity contribution < 1.29 is 9.00 Å². The lowest BCUT2D eigenvalue weighted by atomic mass is 10.2. The molecular formula is C16H18N2O3S. The fourth-order valence-electron chi connectivity index (χ4n) is 1.88. The molecule has 1 aromatic carbocycles. The van der Waals surface area contributed by atoms with Gasteiger partial charge in [0.1, 0.15) is 5.69 Å². The van der Waals surface area contributed by atoms with Gasteiger partial charge in [-0.1, -0.05) is 13.8 Å². The van der Waals surface area contributed by atoms with Crippen LogP contribution in [0.1, 0.15) is 29.9 Å². The molecule has 0 spiro atoms. The molecule has 0 fully saturated rings. The first-order valence-corrected chi connectivity index (χ1v) is 8.11. The van der Waals surface area contributed by atoms with Crippen molar-refractivity contribution in [3.05, 3.63) is 58.0 Å². The van der Waals surface area contributed by atoms with Crippen molar-refractivity contribution in [3.63, 3.8) is 0 Å². The zero-order valence-electron chi connectivity index (χ0n) is 12.7. The Labute approximate surface area is 131 Å². The topological polar surface area (TPSA) is 79.0 Å². The lowest BCUT2D eigenvalue weighted by Crippen LogP contribution is -2.20. The molecule has 2 aromatic rings. The van der Waals surface area contributed by atoms with Gasteiger partial charge < -0.3 is 10.3 Å². The van der Waals surface area contributed by atoms with Crippen LogP contribution in [0.5, 0.6) is 0 Å². The van der Waals surface area contributed by atoms with Gasteiger partial charge in [0.25, 0.3) is 11.5 Å². The predicted octanol–water partition coefficient (Wildman–Crippen LogP) is 2.45. The third kappa shape index (κ3) is 3.71. The molecule has 6 heteroatoms. The molecule has 116 valence electrons. The predicted molar refractivity (Wildman–Crippen MR) is 87.7 cm³/mol. The summed E-state index contributed by atoms with van der Waals surface area (Å²) in [6.07, 6.45) is 0. The molecule has 0 aliphatic carbocycles. The summed E-state index contributed by atoms with van der Waals surface area (Å²) in [4.78, 5) is 27.1. The summed E-state index contributed by atoms with van der Waals surface area (Å²) in [5.41, 5.74) is 0.990. The largest absolute Gasteiger partial charge is 0.325 e. The molecule has 22 heavy (non-hydrogen) atoms. The van der Waals surface area contributed by atoms with Crippen molar-refractivity contribution >= 4 is 22.4 Å². The number of carbonyl (C=O) groups excluding carboxylic acids is 1. The van der Waals surface area contributed by atoms with E-state index >= 15 is 0 Å². The van der Waals surface area contributed by atoms with Gasteiger partial charge in [0.05, 0.1) is 10.8 Å². The maximum Gasteiger partial charge on any atom is 0.271 e. The highest BCUT2D eigenvalue weighted by atomic mass is 32.2. The van der Waals surface area contributed by atoms with E-state index in [9.17, 15) is 13.8 Å². The maximum atomic E-state index is 12.1. The Hall–Kier alpha value is -2.21. The normalized spacial score (nSPS) is 12.2. The van der Waals surface area contributed by atoms with Crippen LogP contribution in [0, 0.1) is 6.92 Å². The minimum Gasteiger partial charge on any atom is -0.325 e. The molecule has 1 unspecified atom stereocenters. The standard InChI is InChI=1S/C16H18N2O3S/c1-10(2)22(21)13-7-5-12(6-8-13)15(19)18-14-9-4-11(3)17-16(14)20/h4-10H,1-3H3,(H,17,20)(H,18,19). The Balaban J connectivity index is 2.16. The zero-order chi connectivity index (χ0) is 16.3. The van der Waals surface area contributed by atoms with E-state index in [2.05, 4.69) is 10.3 Å². The first-order valence-electron chi connectivity index (χ1n) is 6.90. The lowest BCUT2D eigenvalue weighted by molar-refractivity contribution is 0.102. The quantitative estimate of drug-likeness (QED) is 0.909. The zero-order valence-corrected chi connectivity index (χ0v) is 13.5. The monoisotopic (exact) mass is 318 g/mol. The van der Waals surface area contributed by atoms with Gasteiger partial charge in [-0.05, 0) is 43.3 Å². The molecule has 0 bridgehead atoms. The number of H-pyrrole nitrogens is 1. The summed E-state index contributed by atoms with van der Waals surface area (Å²) in [6, 6.07) is 9.83. The van der Waals surface area contributed by atoms with Crippen molar-refractivity contribution in [3.8, 4) is 0 Å². The van der Waals surface area contributed by atoms with E-state index in [0.717, 1.165) is 5.69 Å². The Morgan fingerprint density at radius 3 is 2.32 bits per heavy atom. The number of pyridine rings is 1. The fraction of sp³-hybridized carbons (Fsp3) is 0.250. The Morgan fingerprint density at radius 2 is 1.77 bits per heavy atom. The third-order valence-corrected chi connectivity index (χ3v) is 4.67. The van der Waals surface area contributed by atoms with Crippen LogP contribution in [0.15, 0.2) is 46.1 Å². The molecule has 0 saturated heterocycles. The molecule has 0 aliphatic rings. The van der Waals surface area contributed by atoms with Gasteiger partial charge >= 0.3 is 0 Å². The molecule has 1 atom stereocenters. The number of benzene rings is 1. The van der Waals surface area contributed by atoms with Gasteiger partial charge in [0, 0.05) is 21.4 Å². The Bertz CT molecular complexity index is 764.